The van der Waals surface area contributed by atoms with Crippen molar-refractivity contribution < 1.29 is 19.5 Å². The van der Waals surface area contributed by atoms with Crippen molar-refractivity contribution in [2.24, 2.45) is 9.98 Å². The van der Waals surface area contributed by atoms with Gasteiger partial charge < -0.3 is 5.11 Å². The number of hydrogen-bond acceptors (Lipinski definition) is 5. The molecule has 0 aromatic rings. The van der Waals surface area contributed by atoms with Crippen LogP contribution in [-0.4, -0.2) is 35.8 Å². The second kappa shape index (κ2) is 8.81. The van der Waals surface area contributed by atoms with Crippen molar-refractivity contribution in [1.29, 1.82) is 0 Å². The van der Waals surface area contributed by atoms with Crippen LogP contribution in [0.15, 0.2) is 9.98 Å². The number of carboxylic acids is 1. The summed E-state index contributed by atoms with van der Waals surface area (Å²) < 4.78 is 0. The van der Waals surface area contributed by atoms with E-state index >= 15 is 0 Å². The van der Waals surface area contributed by atoms with Crippen LogP contribution in [0.25, 0.3) is 0 Å². The number of aliphatic imine (C=N–C) groups is 2. The summed E-state index contributed by atoms with van der Waals surface area (Å²) in [6, 6.07) is -0.528. The fourth-order valence-corrected chi connectivity index (χ4v) is 1.10. The summed E-state index contributed by atoms with van der Waals surface area (Å²) in [5, 5.41) is 8.49. The zero-order valence-corrected chi connectivity index (χ0v) is 8.18. The van der Waals surface area contributed by atoms with Crippen molar-refractivity contribution in [2.75, 3.05) is 6.54 Å². The van der Waals surface area contributed by atoms with E-state index < -0.39 is 12.0 Å². The van der Waals surface area contributed by atoms with Crippen LogP contribution in [-0.2, 0) is 14.4 Å². The number of nitrogens with zero attached hydrogens (tertiary/aromatic N) is 2. The molecule has 0 aliphatic heterocycles. The van der Waals surface area contributed by atoms with Crippen molar-refractivity contribution in [3.63, 3.8) is 0 Å². The molecule has 0 fully saturated rings. The van der Waals surface area contributed by atoms with Gasteiger partial charge in [-0.15, -0.1) is 0 Å². The maximum absolute atomic E-state index is 10.4. The molecule has 1 atom stereocenters. The molecular weight excluding hydrogens is 200 g/mol. The van der Waals surface area contributed by atoms with Crippen LogP contribution in [0.1, 0.15) is 25.7 Å². The van der Waals surface area contributed by atoms with Gasteiger partial charge in [0.1, 0.15) is 0 Å². The minimum atomic E-state index is -0.995. The first-order valence-electron chi connectivity index (χ1n) is 4.53. The Morgan fingerprint density at radius 3 is 2.53 bits per heavy atom. The van der Waals surface area contributed by atoms with E-state index in [1.807, 2.05) is 0 Å². The van der Waals surface area contributed by atoms with Crippen LogP contribution in [0.3, 0.4) is 0 Å². The smallest absolute Gasteiger partial charge is 0.305 e. The van der Waals surface area contributed by atoms with Gasteiger partial charge >= 0.3 is 5.97 Å². The molecule has 0 aromatic carbocycles. The highest BCUT2D eigenvalue weighted by molar-refractivity contribution is 5.67. The Bertz CT molecular complexity index is 290. The molecule has 82 valence electrons. The fourth-order valence-electron chi connectivity index (χ4n) is 1.10. The summed E-state index contributed by atoms with van der Waals surface area (Å²) in [7, 11) is 0. The standard InChI is InChI=1S/C9H12N2O4/c12-6-10-4-2-1-3-8(11-7-13)5-9(14)15/h8H,1-5H2,(H,14,15). The number of unbranched alkanes of at least 4 members (excludes halogenated alkanes) is 1. The van der Waals surface area contributed by atoms with Gasteiger partial charge in [-0.05, 0) is 19.3 Å². The van der Waals surface area contributed by atoms with Crippen molar-refractivity contribution in [2.45, 2.75) is 31.7 Å². The average molecular weight is 212 g/mol. The molecule has 6 heteroatoms. The van der Waals surface area contributed by atoms with E-state index in [9.17, 15) is 14.4 Å². The van der Waals surface area contributed by atoms with Gasteiger partial charge in [-0.3, -0.25) is 4.79 Å². The zero-order valence-electron chi connectivity index (χ0n) is 8.18. The Kier molecular flexibility index (Phi) is 7.77. The lowest BCUT2D eigenvalue weighted by atomic mass is 10.1. The van der Waals surface area contributed by atoms with Crippen LogP contribution in [0.2, 0.25) is 0 Å². The first kappa shape index (κ1) is 13.2. The third kappa shape index (κ3) is 8.56. The van der Waals surface area contributed by atoms with Crippen LogP contribution < -0.4 is 0 Å². The predicted octanol–water partition coefficient (Wildman–Crippen LogP) is 0.672. The van der Waals surface area contributed by atoms with E-state index in [0.29, 0.717) is 25.8 Å². The number of carboxylic acid groups (broad SMARTS) is 1. The quantitative estimate of drug-likeness (QED) is 0.363. The topological polar surface area (TPSA) is 96.2 Å². The largest absolute Gasteiger partial charge is 0.481 e. The minimum absolute atomic E-state index is 0.174. The third-order valence-corrected chi connectivity index (χ3v) is 1.77. The van der Waals surface area contributed by atoms with E-state index in [1.165, 1.54) is 12.2 Å². The highest BCUT2D eigenvalue weighted by atomic mass is 16.4. The first-order chi connectivity index (χ1) is 7.20. The highest BCUT2D eigenvalue weighted by Crippen LogP contribution is 2.08. The first-order valence-corrected chi connectivity index (χ1v) is 4.53. The van der Waals surface area contributed by atoms with E-state index in [2.05, 4.69) is 9.98 Å². The summed E-state index contributed by atoms with van der Waals surface area (Å²) in [5.74, 6) is -0.995. The number of carbonyl (C=O) groups is 1. The molecule has 0 amide bonds. The van der Waals surface area contributed by atoms with Gasteiger partial charge in [-0.1, -0.05) is 0 Å². The van der Waals surface area contributed by atoms with Gasteiger partial charge in [0, 0.05) is 0 Å². The molecule has 0 aliphatic carbocycles. The molecule has 1 unspecified atom stereocenters. The maximum Gasteiger partial charge on any atom is 0.305 e. The van der Waals surface area contributed by atoms with E-state index in [1.54, 1.807) is 0 Å². The summed E-state index contributed by atoms with van der Waals surface area (Å²) in [6.45, 7) is 0.369. The van der Waals surface area contributed by atoms with E-state index in [0.717, 1.165) is 0 Å². The Morgan fingerprint density at radius 2 is 2.00 bits per heavy atom. The van der Waals surface area contributed by atoms with Gasteiger partial charge in [0.2, 0.25) is 12.2 Å². The average Bonchev–Trinajstić information content (AvgIpc) is 2.17. The molecule has 0 radical (unpaired) electrons. The van der Waals surface area contributed by atoms with Crippen molar-refractivity contribution in [1.82, 2.24) is 0 Å². The number of carbonyl (C=O) groups excluding carboxylic acids is 2. The molecule has 0 aliphatic rings. The molecular formula is C9H12N2O4. The Balaban J connectivity index is 3.80. The van der Waals surface area contributed by atoms with Gasteiger partial charge in [0.05, 0.1) is 19.0 Å². The second-order valence-corrected chi connectivity index (χ2v) is 2.94. The maximum atomic E-state index is 10.4. The second-order valence-electron chi connectivity index (χ2n) is 2.94. The molecule has 1 N–H and O–H groups in total. The van der Waals surface area contributed by atoms with Crippen LogP contribution in [0.4, 0.5) is 0 Å². The van der Waals surface area contributed by atoms with Gasteiger partial charge in [0.25, 0.3) is 0 Å². The van der Waals surface area contributed by atoms with Gasteiger partial charge in [-0.2, -0.15) is 0 Å². The highest BCUT2D eigenvalue weighted by Gasteiger charge is 2.11. The van der Waals surface area contributed by atoms with Gasteiger partial charge in [-0.25, -0.2) is 19.6 Å². The molecule has 0 aromatic heterocycles. The molecule has 15 heavy (non-hydrogen) atoms. The summed E-state index contributed by atoms with van der Waals surface area (Å²) >= 11 is 0. The normalized spacial score (nSPS) is 10.9. The number of aliphatic carboxylic acids is 1. The summed E-state index contributed by atoms with van der Waals surface area (Å²) in [4.78, 5) is 36.8. The molecule has 6 nitrogen and oxygen atoms in total. The lowest BCUT2D eigenvalue weighted by molar-refractivity contribution is -0.137. The predicted molar refractivity (Wildman–Crippen MR) is 51.0 cm³/mol. The number of rotatable bonds is 8. The van der Waals surface area contributed by atoms with Crippen LogP contribution in [0.5, 0.6) is 0 Å². The third-order valence-electron chi connectivity index (χ3n) is 1.77. The number of hydrogen-bond donors (Lipinski definition) is 1. The van der Waals surface area contributed by atoms with Crippen molar-refractivity contribution >= 4 is 18.1 Å². The zero-order chi connectivity index (χ0) is 11.5. The lowest BCUT2D eigenvalue weighted by Crippen LogP contribution is -2.11. The van der Waals surface area contributed by atoms with Crippen molar-refractivity contribution in [3.05, 3.63) is 0 Å². The van der Waals surface area contributed by atoms with E-state index in [4.69, 9.17) is 5.11 Å². The monoisotopic (exact) mass is 212 g/mol. The Labute approximate surface area is 86.7 Å². The van der Waals surface area contributed by atoms with Crippen molar-refractivity contribution in [3.8, 4) is 0 Å². The van der Waals surface area contributed by atoms with Crippen LogP contribution >= 0.6 is 0 Å². The van der Waals surface area contributed by atoms with Crippen LogP contribution in [0, 0.1) is 0 Å². The Morgan fingerprint density at radius 1 is 1.27 bits per heavy atom. The molecule has 0 bridgehead atoms. The fraction of sp³-hybridized carbons (Fsp3) is 0.667. The van der Waals surface area contributed by atoms with E-state index in [-0.39, 0.29) is 6.42 Å². The molecule has 0 saturated heterocycles. The summed E-state index contributed by atoms with van der Waals surface area (Å²) in [5.41, 5.74) is 0. The van der Waals surface area contributed by atoms with Gasteiger partial charge in [0.15, 0.2) is 0 Å². The Hall–Kier alpha value is -1.77. The SMILES string of the molecule is O=C=NCCCCC(CC(=O)O)N=C=O. The molecule has 0 heterocycles. The summed E-state index contributed by atoms with van der Waals surface area (Å²) in [6.07, 6.45) is 4.38. The number of isocyanates is 2. The molecule has 0 rings (SSSR count). The lowest BCUT2D eigenvalue weighted by Gasteiger charge is -2.05. The molecule has 0 spiro atoms. The minimum Gasteiger partial charge on any atom is -0.481 e. The molecule has 0 saturated carbocycles.